The number of aromatic nitrogens is 1. The van der Waals surface area contributed by atoms with Crippen molar-refractivity contribution >= 4 is 0 Å². The molecule has 1 aromatic rings. The van der Waals surface area contributed by atoms with Crippen molar-refractivity contribution < 1.29 is 9.84 Å². The molecule has 20 heavy (non-hydrogen) atoms. The van der Waals surface area contributed by atoms with Crippen LogP contribution in [0, 0.1) is 5.92 Å². The van der Waals surface area contributed by atoms with Crippen molar-refractivity contribution in [2.75, 3.05) is 19.8 Å². The third-order valence-electron chi connectivity index (χ3n) is 4.45. The van der Waals surface area contributed by atoms with Gasteiger partial charge in [-0.15, -0.1) is 0 Å². The highest BCUT2D eigenvalue weighted by atomic mass is 16.5. The molecule has 1 aromatic heterocycles. The Morgan fingerprint density at radius 3 is 3.00 bits per heavy atom. The largest absolute Gasteiger partial charge is 0.490 e. The molecule has 2 fully saturated rings. The molecule has 0 bridgehead atoms. The summed E-state index contributed by atoms with van der Waals surface area (Å²) in [7, 11) is 0. The van der Waals surface area contributed by atoms with E-state index >= 15 is 0 Å². The number of pyridine rings is 1. The summed E-state index contributed by atoms with van der Waals surface area (Å²) in [6.45, 7) is 2.18. The molecule has 1 saturated heterocycles. The van der Waals surface area contributed by atoms with Crippen LogP contribution >= 0.6 is 0 Å². The summed E-state index contributed by atoms with van der Waals surface area (Å²) in [5, 5.41) is 12.2. The van der Waals surface area contributed by atoms with Crippen LogP contribution in [0.3, 0.4) is 0 Å². The van der Waals surface area contributed by atoms with Gasteiger partial charge in [-0.25, -0.2) is 0 Å². The molecule has 0 amide bonds. The quantitative estimate of drug-likeness (QED) is 0.714. The number of hydrogen-bond donors (Lipinski definition) is 2. The maximum Gasteiger partial charge on any atom is 0.137 e. The summed E-state index contributed by atoms with van der Waals surface area (Å²) >= 11 is 0. The minimum absolute atomic E-state index is 0.317. The molecule has 2 heterocycles. The van der Waals surface area contributed by atoms with Crippen LogP contribution in [0.1, 0.15) is 43.6 Å². The lowest BCUT2D eigenvalue weighted by Gasteiger charge is -2.27. The minimum atomic E-state index is 0.317. The van der Waals surface area contributed by atoms with Crippen LogP contribution in [-0.2, 0) is 0 Å². The second-order valence-corrected chi connectivity index (χ2v) is 6.03. The van der Waals surface area contributed by atoms with Crippen molar-refractivity contribution in [3.8, 4) is 5.75 Å². The predicted molar refractivity (Wildman–Crippen MR) is 77.9 cm³/mol. The van der Waals surface area contributed by atoms with Gasteiger partial charge in [-0.1, -0.05) is 6.42 Å². The van der Waals surface area contributed by atoms with Gasteiger partial charge in [0.2, 0.25) is 0 Å². The highest BCUT2D eigenvalue weighted by Crippen LogP contribution is 2.50. The fourth-order valence-corrected chi connectivity index (χ4v) is 2.90. The number of unbranched alkanes of at least 4 members (excludes halogenated alkanes) is 1. The lowest BCUT2D eigenvalue weighted by Crippen LogP contribution is -2.46. The maximum absolute atomic E-state index is 8.82. The lowest BCUT2D eigenvalue weighted by atomic mass is 10.1. The predicted octanol–water partition coefficient (Wildman–Crippen LogP) is 2.09. The second kappa shape index (κ2) is 6.55. The van der Waals surface area contributed by atoms with Gasteiger partial charge in [-0.3, -0.25) is 4.98 Å². The van der Waals surface area contributed by atoms with Crippen LogP contribution < -0.4 is 10.1 Å². The Balaban J connectivity index is 1.47. The van der Waals surface area contributed by atoms with E-state index in [1.54, 1.807) is 0 Å². The second-order valence-electron chi connectivity index (χ2n) is 6.03. The van der Waals surface area contributed by atoms with E-state index in [1.165, 1.54) is 24.8 Å². The fourth-order valence-electron chi connectivity index (χ4n) is 2.90. The first-order valence-corrected chi connectivity index (χ1v) is 7.79. The average Bonchev–Trinajstić information content (AvgIpc) is 3.17. The van der Waals surface area contributed by atoms with Crippen molar-refractivity contribution in [2.45, 2.75) is 44.1 Å². The van der Waals surface area contributed by atoms with Gasteiger partial charge in [0.25, 0.3) is 0 Å². The molecule has 2 N–H and O–H groups in total. The third kappa shape index (κ3) is 3.49. The van der Waals surface area contributed by atoms with Crippen LogP contribution in [-0.4, -0.2) is 35.9 Å². The number of rotatable bonds is 8. The Hall–Kier alpha value is -1.13. The van der Waals surface area contributed by atoms with E-state index in [-0.39, 0.29) is 0 Å². The van der Waals surface area contributed by atoms with Gasteiger partial charge in [0, 0.05) is 18.8 Å². The zero-order valence-electron chi connectivity index (χ0n) is 11.9. The van der Waals surface area contributed by atoms with Gasteiger partial charge in [-0.2, -0.15) is 0 Å². The average molecular weight is 276 g/mol. The highest BCUT2D eigenvalue weighted by Gasteiger charge is 2.37. The number of aliphatic hydroxyl groups is 1. The molecular weight excluding hydrogens is 252 g/mol. The van der Waals surface area contributed by atoms with Crippen molar-refractivity contribution in [3.05, 3.63) is 24.0 Å². The highest BCUT2D eigenvalue weighted by molar-refractivity contribution is 5.30. The SMILES string of the molecule is OCCCC[C@H]1C[C@@H]1c1cncc(OC[C@@H]2CCN2)c1. The van der Waals surface area contributed by atoms with Crippen LogP contribution in [0.25, 0.3) is 0 Å². The molecule has 1 aliphatic heterocycles. The standard InChI is InChI=1S/C16H24N2O2/c19-6-2-1-3-12-8-16(12)13-7-15(10-17-9-13)20-11-14-4-5-18-14/h7,9-10,12,14,16,18-19H,1-6,8,11H2/t12-,14-,16-/m0/s1. The zero-order chi connectivity index (χ0) is 13.8. The van der Waals surface area contributed by atoms with Crippen LogP contribution in [0.2, 0.25) is 0 Å². The summed E-state index contributed by atoms with van der Waals surface area (Å²) in [4.78, 5) is 4.31. The van der Waals surface area contributed by atoms with Crippen molar-refractivity contribution in [3.63, 3.8) is 0 Å². The Kier molecular flexibility index (Phi) is 4.53. The van der Waals surface area contributed by atoms with Crippen molar-refractivity contribution in [1.29, 1.82) is 0 Å². The van der Waals surface area contributed by atoms with Crippen LogP contribution in [0.15, 0.2) is 18.5 Å². The number of ether oxygens (including phenoxy) is 1. The summed E-state index contributed by atoms with van der Waals surface area (Å²) in [6.07, 6.45) is 9.55. The fraction of sp³-hybridized carbons (Fsp3) is 0.688. The van der Waals surface area contributed by atoms with E-state index in [0.29, 0.717) is 18.6 Å². The molecule has 0 aromatic carbocycles. The molecule has 2 aliphatic rings. The lowest BCUT2D eigenvalue weighted by molar-refractivity contribution is 0.217. The van der Waals surface area contributed by atoms with E-state index < -0.39 is 0 Å². The maximum atomic E-state index is 8.82. The molecule has 110 valence electrons. The van der Waals surface area contributed by atoms with Gasteiger partial charge in [-0.05, 0) is 55.7 Å². The molecule has 0 radical (unpaired) electrons. The number of nitrogens with zero attached hydrogens (tertiary/aromatic N) is 1. The third-order valence-corrected chi connectivity index (χ3v) is 4.45. The minimum Gasteiger partial charge on any atom is -0.490 e. The van der Waals surface area contributed by atoms with Gasteiger partial charge < -0.3 is 15.2 Å². The molecule has 1 aliphatic carbocycles. The molecule has 3 atom stereocenters. The van der Waals surface area contributed by atoms with E-state index in [4.69, 9.17) is 9.84 Å². The smallest absolute Gasteiger partial charge is 0.137 e. The van der Waals surface area contributed by atoms with E-state index in [2.05, 4.69) is 16.4 Å². The number of aliphatic hydroxyl groups excluding tert-OH is 1. The Labute approximate surface area is 120 Å². The molecule has 3 rings (SSSR count). The van der Waals surface area contributed by atoms with E-state index in [9.17, 15) is 0 Å². The summed E-state index contributed by atoms with van der Waals surface area (Å²) in [6, 6.07) is 2.67. The Morgan fingerprint density at radius 1 is 1.35 bits per heavy atom. The number of hydrogen-bond acceptors (Lipinski definition) is 4. The summed E-state index contributed by atoms with van der Waals surface area (Å²) in [5.74, 6) is 2.34. The van der Waals surface area contributed by atoms with Crippen LogP contribution in [0.5, 0.6) is 5.75 Å². The summed E-state index contributed by atoms with van der Waals surface area (Å²) in [5.41, 5.74) is 1.32. The first-order chi connectivity index (χ1) is 9.86. The Morgan fingerprint density at radius 2 is 2.25 bits per heavy atom. The molecule has 4 heteroatoms. The summed E-state index contributed by atoms with van der Waals surface area (Å²) < 4.78 is 5.80. The molecular formula is C16H24N2O2. The molecule has 0 spiro atoms. The van der Waals surface area contributed by atoms with Gasteiger partial charge in [0.1, 0.15) is 12.4 Å². The van der Waals surface area contributed by atoms with Gasteiger partial charge in [0.15, 0.2) is 0 Å². The molecule has 1 saturated carbocycles. The normalized spacial score (nSPS) is 27.9. The Bertz CT molecular complexity index is 434. The van der Waals surface area contributed by atoms with Gasteiger partial charge >= 0.3 is 0 Å². The number of nitrogens with one attached hydrogen (secondary N) is 1. The van der Waals surface area contributed by atoms with Crippen LogP contribution in [0.4, 0.5) is 0 Å². The molecule has 4 nitrogen and oxygen atoms in total. The van der Waals surface area contributed by atoms with Crippen molar-refractivity contribution in [2.24, 2.45) is 5.92 Å². The van der Waals surface area contributed by atoms with Crippen molar-refractivity contribution in [1.82, 2.24) is 10.3 Å². The first kappa shape index (κ1) is 13.8. The van der Waals surface area contributed by atoms with E-state index in [1.807, 2.05) is 12.4 Å². The first-order valence-electron chi connectivity index (χ1n) is 7.79. The molecule has 0 unspecified atom stereocenters. The zero-order valence-corrected chi connectivity index (χ0v) is 11.9. The monoisotopic (exact) mass is 276 g/mol. The van der Waals surface area contributed by atoms with Gasteiger partial charge in [0.05, 0.1) is 6.20 Å². The van der Waals surface area contributed by atoms with E-state index in [0.717, 1.165) is 37.7 Å². The topological polar surface area (TPSA) is 54.4 Å².